The summed E-state index contributed by atoms with van der Waals surface area (Å²) >= 11 is 5.88. The summed E-state index contributed by atoms with van der Waals surface area (Å²) in [5, 5.41) is 0.142. The predicted molar refractivity (Wildman–Crippen MR) is 71.6 cm³/mol. The van der Waals surface area contributed by atoms with E-state index in [-0.39, 0.29) is 18.2 Å². The van der Waals surface area contributed by atoms with Crippen LogP contribution < -0.4 is 0 Å². The number of amides is 1. The topological polar surface area (TPSA) is 72.9 Å². The molecule has 0 aromatic carbocycles. The maximum atomic E-state index is 12.2. The Bertz CT molecular complexity index is 465. The van der Waals surface area contributed by atoms with Crippen LogP contribution in [0, 0.1) is 0 Å². The van der Waals surface area contributed by atoms with E-state index < -0.39 is 23.4 Å². The molecule has 1 amide bonds. The Morgan fingerprint density at radius 2 is 1.70 bits per heavy atom. The molecule has 0 atom stereocenters. The van der Waals surface area contributed by atoms with Crippen LogP contribution in [-0.4, -0.2) is 41.5 Å². The summed E-state index contributed by atoms with van der Waals surface area (Å²) in [5.41, 5.74) is -2.01. The van der Waals surface area contributed by atoms with Crippen molar-refractivity contribution in [1.82, 2.24) is 4.90 Å². The second kappa shape index (κ2) is 6.56. The van der Waals surface area contributed by atoms with Crippen molar-refractivity contribution in [2.75, 3.05) is 13.2 Å². The number of ether oxygens (including phenoxy) is 2. The minimum Gasteiger partial charge on any atom is -0.464 e. The monoisotopic (exact) mass is 301 g/mol. The van der Waals surface area contributed by atoms with Crippen molar-refractivity contribution in [3.63, 3.8) is 0 Å². The van der Waals surface area contributed by atoms with Crippen LogP contribution in [0.15, 0.2) is 23.4 Å². The predicted octanol–water partition coefficient (Wildman–Crippen LogP) is 1.35. The van der Waals surface area contributed by atoms with Gasteiger partial charge in [-0.3, -0.25) is 9.69 Å². The Hall–Kier alpha value is -1.82. The van der Waals surface area contributed by atoms with Crippen LogP contribution in [0.5, 0.6) is 0 Å². The van der Waals surface area contributed by atoms with E-state index in [2.05, 4.69) is 0 Å². The van der Waals surface area contributed by atoms with Crippen LogP contribution in [0.1, 0.15) is 20.8 Å². The quantitative estimate of drug-likeness (QED) is 0.579. The molecule has 1 aliphatic rings. The van der Waals surface area contributed by atoms with Crippen LogP contribution >= 0.6 is 11.6 Å². The summed E-state index contributed by atoms with van der Waals surface area (Å²) in [7, 11) is 0. The highest BCUT2D eigenvalue weighted by atomic mass is 35.5. The van der Waals surface area contributed by atoms with Gasteiger partial charge >= 0.3 is 11.9 Å². The molecule has 0 saturated carbocycles. The van der Waals surface area contributed by atoms with Gasteiger partial charge in [0, 0.05) is 18.2 Å². The van der Waals surface area contributed by atoms with Gasteiger partial charge < -0.3 is 9.47 Å². The van der Waals surface area contributed by atoms with Gasteiger partial charge in [-0.2, -0.15) is 0 Å². The molecule has 0 radical (unpaired) electrons. The zero-order valence-electron chi connectivity index (χ0n) is 11.5. The van der Waals surface area contributed by atoms with Gasteiger partial charge in [0.25, 0.3) is 5.54 Å². The maximum Gasteiger partial charge on any atom is 0.348 e. The van der Waals surface area contributed by atoms with Crippen molar-refractivity contribution in [2.24, 2.45) is 0 Å². The Labute approximate surface area is 122 Å². The first-order valence-corrected chi connectivity index (χ1v) is 6.48. The minimum absolute atomic E-state index is 0.0565. The third kappa shape index (κ3) is 2.85. The fourth-order valence-electron chi connectivity index (χ4n) is 1.81. The van der Waals surface area contributed by atoms with Crippen molar-refractivity contribution in [3.8, 4) is 0 Å². The summed E-state index contributed by atoms with van der Waals surface area (Å²) in [6.07, 6.45) is 3.82. The number of hydrogen-bond donors (Lipinski definition) is 0. The molecule has 0 unspecified atom stereocenters. The lowest BCUT2D eigenvalue weighted by molar-refractivity contribution is -0.172. The number of rotatable bonds is 4. The van der Waals surface area contributed by atoms with E-state index in [1.165, 1.54) is 19.2 Å². The van der Waals surface area contributed by atoms with E-state index in [9.17, 15) is 14.4 Å². The van der Waals surface area contributed by atoms with Gasteiger partial charge in [-0.05, 0) is 26.0 Å². The van der Waals surface area contributed by atoms with E-state index in [0.717, 1.165) is 11.0 Å². The first kappa shape index (κ1) is 16.2. The zero-order valence-corrected chi connectivity index (χ0v) is 12.3. The van der Waals surface area contributed by atoms with Crippen LogP contribution in [0.25, 0.3) is 0 Å². The highest BCUT2D eigenvalue weighted by molar-refractivity contribution is 6.32. The molecular weight excluding hydrogens is 286 g/mol. The summed E-state index contributed by atoms with van der Waals surface area (Å²) in [6, 6.07) is 0. The second-order valence-corrected chi connectivity index (χ2v) is 4.38. The van der Waals surface area contributed by atoms with E-state index in [0.29, 0.717) is 0 Å². The molecule has 0 aromatic heterocycles. The number of esters is 2. The van der Waals surface area contributed by atoms with Crippen LogP contribution in [0.3, 0.4) is 0 Å². The molecule has 0 N–H and O–H groups in total. The first-order valence-electron chi connectivity index (χ1n) is 6.11. The average Bonchev–Trinajstić information content (AvgIpc) is 2.38. The molecule has 110 valence electrons. The standard InChI is InChI=1S/C13H16ClNO5/c1-4-19-11(17)13(12(18)20-5-2)8-10(14)6-7-15(13)9(3)16/h6-8H,4-5H2,1-3H3. The minimum atomic E-state index is -2.01. The number of carbonyl (C=O) groups excluding carboxylic acids is 3. The van der Waals surface area contributed by atoms with Crippen LogP contribution in [-0.2, 0) is 23.9 Å². The zero-order chi connectivity index (χ0) is 15.3. The van der Waals surface area contributed by atoms with E-state index >= 15 is 0 Å². The van der Waals surface area contributed by atoms with Crippen molar-refractivity contribution in [1.29, 1.82) is 0 Å². The van der Waals surface area contributed by atoms with Crippen molar-refractivity contribution in [3.05, 3.63) is 23.4 Å². The van der Waals surface area contributed by atoms with Crippen LogP contribution in [0.4, 0.5) is 0 Å². The molecule has 7 heteroatoms. The van der Waals surface area contributed by atoms with E-state index in [1.54, 1.807) is 13.8 Å². The third-order valence-corrected chi connectivity index (χ3v) is 2.86. The maximum absolute atomic E-state index is 12.2. The Balaban J connectivity index is 3.39. The molecule has 0 saturated heterocycles. The Morgan fingerprint density at radius 3 is 2.10 bits per heavy atom. The van der Waals surface area contributed by atoms with Gasteiger partial charge in [-0.25, -0.2) is 9.59 Å². The number of allylic oxidation sites excluding steroid dienone is 2. The lowest BCUT2D eigenvalue weighted by Gasteiger charge is -2.36. The van der Waals surface area contributed by atoms with Crippen molar-refractivity contribution >= 4 is 29.4 Å². The molecule has 20 heavy (non-hydrogen) atoms. The molecule has 0 spiro atoms. The average molecular weight is 302 g/mol. The van der Waals surface area contributed by atoms with Gasteiger partial charge in [-0.15, -0.1) is 0 Å². The van der Waals surface area contributed by atoms with Gasteiger partial charge in [0.05, 0.1) is 13.2 Å². The fraction of sp³-hybridized carbons (Fsp3) is 0.462. The van der Waals surface area contributed by atoms with Gasteiger partial charge in [0.1, 0.15) is 0 Å². The normalized spacial score (nSPS) is 16.4. The lowest BCUT2D eigenvalue weighted by Crippen LogP contribution is -2.60. The third-order valence-electron chi connectivity index (χ3n) is 2.62. The Kier molecular flexibility index (Phi) is 5.33. The molecule has 1 heterocycles. The molecule has 0 aliphatic carbocycles. The van der Waals surface area contributed by atoms with E-state index in [1.807, 2.05) is 0 Å². The smallest absolute Gasteiger partial charge is 0.348 e. The summed E-state index contributed by atoms with van der Waals surface area (Å²) in [4.78, 5) is 37.2. The van der Waals surface area contributed by atoms with Gasteiger partial charge in [0.2, 0.25) is 5.91 Å². The number of carbonyl (C=O) groups is 3. The number of nitrogens with zero attached hydrogens (tertiary/aromatic N) is 1. The number of halogens is 1. The summed E-state index contributed by atoms with van der Waals surface area (Å²) < 4.78 is 9.82. The first-order chi connectivity index (χ1) is 9.40. The Morgan fingerprint density at radius 1 is 1.20 bits per heavy atom. The van der Waals surface area contributed by atoms with Gasteiger partial charge in [0.15, 0.2) is 0 Å². The summed E-state index contributed by atoms with van der Waals surface area (Å²) in [5.74, 6) is -2.32. The molecule has 1 aliphatic heterocycles. The molecule has 1 rings (SSSR count). The van der Waals surface area contributed by atoms with Crippen molar-refractivity contribution < 1.29 is 23.9 Å². The van der Waals surface area contributed by atoms with E-state index in [4.69, 9.17) is 21.1 Å². The molecule has 0 aromatic rings. The SMILES string of the molecule is CCOC(=O)C1(C(=O)OCC)C=C(Cl)C=CN1C(C)=O. The molecule has 6 nitrogen and oxygen atoms in total. The highest BCUT2D eigenvalue weighted by Gasteiger charge is 2.54. The second-order valence-electron chi connectivity index (χ2n) is 3.94. The molecule has 0 bridgehead atoms. The highest BCUT2D eigenvalue weighted by Crippen LogP contribution is 2.30. The molecule has 0 fully saturated rings. The van der Waals surface area contributed by atoms with Crippen LogP contribution in [0.2, 0.25) is 0 Å². The summed E-state index contributed by atoms with van der Waals surface area (Å²) in [6.45, 7) is 4.53. The fourth-order valence-corrected chi connectivity index (χ4v) is 2.03. The van der Waals surface area contributed by atoms with Gasteiger partial charge in [-0.1, -0.05) is 11.6 Å². The number of hydrogen-bond acceptors (Lipinski definition) is 5. The van der Waals surface area contributed by atoms with Crippen molar-refractivity contribution in [2.45, 2.75) is 26.3 Å². The largest absolute Gasteiger partial charge is 0.464 e. The molecular formula is C13H16ClNO5. The lowest BCUT2D eigenvalue weighted by atomic mass is 9.94.